The molecule has 0 amide bonds. The molecule has 0 atom stereocenters. The van der Waals surface area contributed by atoms with Crippen LogP contribution in [0.25, 0.3) is 0 Å². The van der Waals surface area contributed by atoms with Gasteiger partial charge in [-0.2, -0.15) is 10.5 Å². The Bertz CT molecular complexity index is 631. The van der Waals surface area contributed by atoms with Crippen molar-refractivity contribution in [2.24, 2.45) is 0 Å². The van der Waals surface area contributed by atoms with Gasteiger partial charge in [0.1, 0.15) is 11.9 Å². The standard InChI is InChI=1S/C12H7FN4/c13-11-2-1-9(6-14)10(5-11)8-17-4-3-16-12(17)7-15/h1-5H,8H2. The molecule has 0 saturated carbocycles. The van der Waals surface area contributed by atoms with Crippen molar-refractivity contribution >= 4 is 0 Å². The maximum absolute atomic E-state index is 13.1. The van der Waals surface area contributed by atoms with E-state index in [4.69, 9.17) is 10.5 Å². The van der Waals surface area contributed by atoms with Crippen molar-refractivity contribution in [1.29, 1.82) is 10.5 Å². The van der Waals surface area contributed by atoms with Crippen LogP contribution < -0.4 is 0 Å². The number of nitriles is 2. The summed E-state index contributed by atoms with van der Waals surface area (Å²) >= 11 is 0. The van der Waals surface area contributed by atoms with Gasteiger partial charge < -0.3 is 4.57 Å². The summed E-state index contributed by atoms with van der Waals surface area (Å²) in [5.41, 5.74) is 0.922. The van der Waals surface area contributed by atoms with E-state index >= 15 is 0 Å². The first kappa shape index (κ1) is 10.8. The average Bonchev–Trinajstić information content (AvgIpc) is 2.77. The summed E-state index contributed by atoms with van der Waals surface area (Å²) in [5.74, 6) is -0.171. The normalized spacial score (nSPS) is 9.59. The third kappa shape index (κ3) is 2.14. The molecule has 82 valence electrons. The van der Waals surface area contributed by atoms with E-state index in [1.165, 1.54) is 24.4 Å². The van der Waals surface area contributed by atoms with Gasteiger partial charge in [0.05, 0.1) is 18.2 Å². The Morgan fingerprint density at radius 2 is 2.12 bits per heavy atom. The minimum Gasteiger partial charge on any atom is -0.318 e. The fourth-order valence-corrected chi connectivity index (χ4v) is 1.54. The molecule has 0 bridgehead atoms. The third-order valence-electron chi connectivity index (χ3n) is 2.34. The molecule has 0 fully saturated rings. The van der Waals surface area contributed by atoms with Crippen LogP contribution >= 0.6 is 0 Å². The summed E-state index contributed by atoms with van der Waals surface area (Å²) in [4.78, 5) is 3.83. The lowest BCUT2D eigenvalue weighted by Crippen LogP contribution is -2.03. The zero-order chi connectivity index (χ0) is 12.3. The zero-order valence-electron chi connectivity index (χ0n) is 8.76. The fraction of sp³-hybridized carbons (Fsp3) is 0.0833. The van der Waals surface area contributed by atoms with E-state index in [-0.39, 0.29) is 12.4 Å². The predicted molar refractivity (Wildman–Crippen MR) is 57.2 cm³/mol. The van der Waals surface area contributed by atoms with E-state index in [0.717, 1.165) is 0 Å². The van der Waals surface area contributed by atoms with Crippen molar-refractivity contribution in [2.75, 3.05) is 0 Å². The minimum absolute atomic E-state index is 0.234. The Morgan fingerprint density at radius 3 is 2.82 bits per heavy atom. The summed E-state index contributed by atoms with van der Waals surface area (Å²) in [6, 6.07) is 7.87. The third-order valence-corrected chi connectivity index (χ3v) is 2.34. The molecule has 1 aromatic carbocycles. The fourth-order valence-electron chi connectivity index (χ4n) is 1.54. The molecule has 0 unspecified atom stereocenters. The molecule has 0 aliphatic heterocycles. The van der Waals surface area contributed by atoms with Gasteiger partial charge in [-0.15, -0.1) is 0 Å². The van der Waals surface area contributed by atoms with Gasteiger partial charge in [0, 0.05) is 12.4 Å². The predicted octanol–water partition coefficient (Wildman–Crippen LogP) is 1.81. The molecule has 0 spiro atoms. The number of imidazole rings is 1. The van der Waals surface area contributed by atoms with Crippen molar-refractivity contribution in [2.45, 2.75) is 6.54 Å². The van der Waals surface area contributed by atoms with Crippen LogP contribution in [-0.4, -0.2) is 9.55 Å². The summed E-state index contributed by atoms with van der Waals surface area (Å²) in [7, 11) is 0. The van der Waals surface area contributed by atoms with Gasteiger partial charge >= 0.3 is 0 Å². The highest BCUT2D eigenvalue weighted by Crippen LogP contribution is 2.13. The number of benzene rings is 1. The van der Waals surface area contributed by atoms with Gasteiger partial charge in [-0.25, -0.2) is 9.37 Å². The van der Waals surface area contributed by atoms with E-state index in [1.54, 1.807) is 10.8 Å². The number of hydrogen-bond acceptors (Lipinski definition) is 3. The van der Waals surface area contributed by atoms with Crippen molar-refractivity contribution in [3.05, 3.63) is 53.4 Å². The largest absolute Gasteiger partial charge is 0.318 e. The van der Waals surface area contributed by atoms with Crippen LogP contribution in [0.4, 0.5) is 4.39 Å². The van der Waals surface area contributed by atoms with E-state index in [0.29, 0.717) is 11.1 Å². The maximum atomic E-state index is 13.1. The highest BCUT2D eigenvalue weighted by atomic mass is 19.1. The molecular weight excluding hydrogens is 219 g/mol. The molecule has 17 heavy (non-hydrogen) atoms. The number of aromatic nitrogens is 2. The molecule has 1 aromatic heterocycles. The number of nitrogens with zero attached hydrogens (tertiary/aromatic N) is 4. The molecule has 5 heteroatoms. The molecule has 1 heterocycles. The van der Waals surface area contributed by atoms with Gasteiger partial charge in [-0.1, -0.05) is 0 Å². The van der Waals surface area contributed by atoms with Crippen LogP contribution in [0.2, 0.25) is 0 Å². The van der Waals surface area contributed by atoms with Gasteiger partial charge in [0.25, 0.3) is 0 Å². The minimum atomic E-state index is -0.405. The first-order chi connectivity index (χ1) is 8.24. The zero-order valence-corrected chi connectivity index (χ0v) is 8.76. The van der Waals surface area contributed by atoms with Crippen LogP contribution in [0.15, 0.2) is 30.6 Å². The summed E-state index contributed by atoms with van der Waals surface area (Å²) < 4.78 is 14.7. The molecule has 2 aromatic rings. The van der Waals surface area contributed by atoms with Crippen LogP contribution in [0, 0.1) is 28.5 Å². The molecule has 0 saturated heterocycles. The van der Waals surface area contributed by atoms with Crippen LogP contribution in [0.3, 0.4) is 0 Å². The Balaban J connectivity index is 2.40. The van der Waals surface area contributed by atoms with Crippen molar-refractivity contribution < 1.29 is 4.39 Å². The van der Waals surface area contributed by atoms with E-state index < -0.39 is 5.82 Å². The summed E-state index contributed by atoms with van der Waals surface area (Å²) in [5, 5.41) is 17.7. The maximum Gasteiger partial charge on any atom is 0.213 e. The second-order valence-electron chi connectivity index (χ2n) is 3.40. The Morgan fingerprint density at radius 1 is 1.29 bits per heavy atom. The quantitative estimate of drug-likeness (QED) is 0.784. The van der Waals surface area contributed by atoms with E-state index in [2.05, 4.69) is 4.98 Å². The van der Waals surface area contributed by atoms with E-state index in [9.17, 15) is 4.39 Å². The van der Waals surface area contributed by atoms with Gasteiger partial charge in [0.2, 0.25) is 5.82 Å². The first-order valence-corrected chi connectivity index (χ1v) is 4.84. The second kappa shape index (κ2) is 4.46. The van der Waals surface area contributed by atoms with Crippen molar-refractivity contribution in [3.8, 4) is 12.1 Å². The lowest BCUT2D eigenvalue weighted by molar-refractivity contribution is 0.623. The Kier molecular flexibility index (Phi) is 2.85. The lowest BCUT2D eigenvalue weighted by Gasteiger charge is -2.06. The summed E-state index contributed by atoms with van der Waals surface area (Å²) in [6.07, 6.45) is 3.11. The molecule has 0 aliphatic rings. The van der Waals surface area contributed by atoms with Crippen LogP contribution in [0.1, 0.15) is 17.0 Å². The highest BCUT2D eigenvalue weighted by Gasteiger charge is 2.07. The first-order valence-electron chi connectivity index (χ1n) is 4.84. The Hall–Kier alpha value is -2.66. The van der Waals surface area contributed by atoms with E-state index in [1.807, 2.05) is 12.1 Å². The molecule has 0 radical (unpaired) electrons. The number of hydrogen-bond donors (Lipinski definition) is 0. The molecule has 0 N–H and O–H groups in total. The summed E-state index contributed by atoms with van der Waals surface area (Å²) in [6.45, 7) is 0.254. The molecular formula is C12H7FN4. The number of halogens is 1. The van der Waals surface area contributed by atoms with Gasteiger partial charge in [-0.3, -0.25) is 0 Å². The molecule has 2 rings (SSSR count). The lowest BCUT2D eigenvalue weighted by atomic mass is 10.1. The SMILES string of the molecule is N#Cc1ccc(F)cc1Cn1ccnc1C#N. The molecule has 4 nitrogen and oxygen atoms in total. The van der Waals surface area contributed by atoms with Crippen LogP contribution in [-0.2, 0) is 6.54 Å². The Labute approximate surface area is 97.2 Å². The smallest absolute Gasteiger partial charge is 0.213 e. The van der Waals surface area contributed by atoms with Crippen molar-refractivity contribution in [3.63, 3.8) is 0 Å². The van der Waals surface area contributed by atoms with Gasteiger partial charge in [-0.05, 0) is 23.8 Å². The monoisotopic (exact) mass is 226 g/mol. The van der Waals surface area contributed by atoms with Gasteiger partial charge in [0.15, 0.2) is 0 Å². The number of rotatable bonds is 2. The topological polar surface area (TPSA) is 65.4 Å². The molecule has 0 aliphatic carbocycles. The second-order valence-corrected chi connectivity index (χ2v) is 3.40. The highest BCUT2D eigenvalue weighted by molar-refractivity contribution is 5.38. The average molecular weight is 226 g/mol. The van der Waals surface area contributed by atoms with Crippen LogP contribution in [0.5, 0.6) is 0 Å². The van der Waals surface area contributed by atoms with Crippen molar-refractivity contribution in [1.82, 2.24) is 9.55 Å².